The van der Waals surface area contributed by atoms with E-state index in [2.05, 4.69) is 20.4 Å². The first kappa shape index (κ1) is 23.5. The van der Waals surface area contributed by atoms with Crippen molar-refractivity contribution in [3.63, 3.8) is 0 Å². The fourth-order valence-electron chi connectivity index (χ4n) is 4.39. The van der Waals surface area contributed by atoms with E-state index < -0.39 is 11.7 Å². The van der Waals surface area contributed by atoms with E-state index in [-0.39, 0.29) is 29.2 Å². The van der Waals surface area contributed by atoms with Crippen molar-refractivity contribution >= 4 is 11.6 Å². The minimum atomic E-state index is -4.46. The zero-order valence-electron chi connectivity index (χ0n) is 18.8. The number of anilines is 1. The van der Waals surface area contributed by atoms with Gasteiger partial charge in [-0.3, -0.25) is 9.69 Å². The van der Waals surface area contributed by atoms with Crippen molar-refractivity contribution < 1.29 is 26.9 Å². The number of hydrogen-bond donors (Lipinski definition) is 1. The molecule has 1 N–H and O–H groups in total. The Hall–Kier alpha value is -3.27. The Labute approximate surface area is 199 Å². The molecule has 1 amide bonds. The second kappa shape index (κ2) is 9.41. The number of rotatable bonds is 6. The van der Waals surface area contributed by atoms with Crippen molar-refractivity contribution in [2.24, 2.45) is 5.92 Å². The number of halogens is 4. The summed E-state index contributed by atoms with van der Waals surface area (Å²) >= 11 is 0. The Bertz CT molecular complexity index is 1210. The number of amides is 1. The quantitative estimate of drug-likeness (QED) is 0.456. The number of nitrogens with one attached hydrogen (secondary N) is 1. The van der Waals surface area contributed by atoms with Gasteiger partial charge in [0.2, 0.25) is 5.91 Å². The maximum Gasteiger partial charge on any atom is 0.416 e. The number of carbonyl (C=O) groups excluding carboxylic acids is 1. The maximum absolute atomic E-state index is 14.0. The summed E-state index contributed by atoms with van der Waals surface area (Å²) in [5.74, 6) is 0.331. The third-order valence-corrected chi connectivity index (χ3v) is 6.51. The number of aromatic nitrogens is 2. The molecule has 3 aromatic rings. The number of nitrogens with zero attached hydrogens (tertiary/aromatic N) is 3. The van der Waals surface area contributed by atoms with Crippen molar-refractivity contribution in [3.05, 3.63) is 65.2 Å². The van der Waals surface area contributed by atoms with Crippen molar-refractivity contribution in [1.29, 1.82) is 0 Å². The van der Waals surface area contributed by atoms with Gasteiger partial charge in [0.1, 0.15) is 5.82 Å². The van der Waals surface area contributed by atoms with Gasteiger partial charge in [0.15, 0.2) is 5.82 Å². The highest BCUT2D eigenvalue weighted by molar-refractivity contribution is 5.92. The standard InChI is InChI=1S/C25H24F4N4O2/c26-21-7-6-17(12-20(21)15-4-5-15)24-31-22(32-35-24)14-33-10-8-16(9-11-33)23(34)30-19-3-1-2-18(13-19)25(27,28)29/h1-3,6-7,12-13,15-16H,4-5,8-11,14H2,(H,30,34). The lowest BCUT2D eigenvalue weighted by atomic mass is 9.95. The molecule has 1 aliphatic carbocycles. The van der Waals surface area contributed by atoms with Gasteiger partial charge in [-0.25, -0.2) is 4.39 Å². The van der Waals surface area contributed by atoms with Crippen molar-refractivity contribution in [2.75, 3.05) is 18.4 Å². The molecule has 0 spiro atoms. The van der Waals surface area contributed by atoms with Crippen LogP contribution in [0.25, 0.3) is 11.5 Å². The Kier molecular flexibility index (Phi) is 6.31. The zero-order chi connectivity index (χ0) is 24.6. The summed E-state index contributed by atoms with van der Waals surface area (Å²) in [7, 11) is 0. The first-order chi connectivity index (χ1) is 16.8. The molecule has 6 nitrogen and oxygen atoms in total. The molecule has 2 aromatic carbocycles. The van der Waals surface area contributed by atoms with E-state index in [9.17, 15) is 22.4 Å². The molecule has 2 heterocycles. The van der Waals surface area contributed by atoms with Gasteiger partial charge >= 0.3 is 6.18 Å². The summed E-state index contributed by atoms with van der Waals surface area (Å²) in [5, 5.41) is 6.65. The highest BCUT2D eigenvalue weighted by Crippen LogP contribution is 2.42. The topological polar surface area (TPSA) is 71.3 Å². The molecular weight excluding hydrogens is 464 g/mol. The van der Waals surface area contributed by atoms with Crippen LogP contribution >= 0.6 is 0 Å². The molecule has 1 aliphatic heterocycles. The van der Waals surface area contributed by atoms with Gasteiger partial charge in [0.05, 0.1) is 12.1 Å². The molecule has 2 aliphatic rings. The smallest absolute Gasteiger partial charge is 0.334 e. The van der Waals surface area contributed by atoms with Gasteiger partial charge in [-0.15, -0.1) is 0 Å². The molecule has 2 fully saturated rings. The predicted molar refractivity (Wildman–Crippen MR) is 120 cm³/mol. The molecule has 5 rings (SSSR count). The van der Waals surface area contributed by atoms with Crippen LogP contribution in [-0.2, 0) is 17.5 Å². The highest BCUT2D eigenvalue weighted by Gasteiger charge is 2.31. The Morgan fingerprint density at radius 1 is 1.09 bits per heavy atom. The minimum Gasteiger partial charge on any atom is -0.334 e. The van der Waals surface area contributed by atoms with E-state index in [1.807, 2.05) is 0 Å². The van der Waals surface area contributed by atoms with Crippen LogP contribution in [0.3, 0.4) is 0 Å². The second-order valence-corrected chi connectivity index (χ2v) is 9.14. The lowest BCUT2D eigenvalue weighted by Crippen LogP contribution is -2.38. The average Bonchev–Trinajstić information content (AvgIpc) is 3.58. The largest absolute Gasteiger partial charge is 0.416 e. The van der Waals surface area contributed by atoms with E-state index >= 15 is 0 Å². The predicted octanol–water partition coefficient (Wildman–Crippen LogP) is 5.62. The molecule has 0 bridgehead atoms. The number of carbonyl (C=O) groups is 1. The van der Waals surface area contributed by atoms with E-state index in [1.165, 1.54) is 18.2 Å². The number of benzene rings is 2. The lowest BCUT2D eigenvalue weighted by Gasteiger charge is -2.30. The van der Waals surface area contributed by atoms with Crippen molar-refractivity contribution in [3.8, 4) is 11.5 Å². The van der Waals surface area contributed by atoms with Gasteiger partial charge in [0.25, 0.3) is 5.89 Å². The van der Waals surface area contributed by atoms with Crippen LogP contribution < -0.4 is 5.32 Å². The lowest BCUT2D eigenvalue weighted by molar-refractivity contribution is -0.137. The van der Waals surface area contributed by atoms with E-state index in [4.69, 9.17) is 4.52 Å². The van der Waals surface area contributed by atoms with Crippen molar-refractivity contribution in [1.82, 2.24) is 15.0 Å². The molecule has 10 heteroatoms. The summed E-state index contributed by atoms with van der Waals surface area (Å²) in [6.07, 6.45) is -1.35. The van der Waals surface area contributed by atoms with Crippen molar-refractivity contribution in [2.45, 2.75) is 44.3 Å². The van der Waals surface area contributed by atoms with Gasteiger partial charge < -0.3 is 9.84 Å². The van der Waals surface area contributed by atoms with Crippen LogP contribution in [0.5, 0.6) is 0 Å². The van der Waals surface area contributed by atoms with Crippen LogP contribution in [0, 0.1) is 11.7 Å². The van der Waals surface area contributed by atoms with Gasteiger partial charge in [-0.05, 0) is 86.7 Å². The first-order valence-electron chi connectivity index (χ1n) is 11.6. The van der Waals surface area contributed by atoms with Gasteiger partial charge in [0, 0.05) is 17.2 Å². The van der Waals surface area contributed by atoms with Crippen LogP contribution in [0.2, 0.25) is 0 Å². The van der Waals surface area contributed by atoms with Gasteiger partial charge in [-0.2, -0.15) is 18.2 Å². The number of alkyl halides is 3. The molecule has 184 valence electrons. The average molecular weight is 488 g/mol. The molecule has 0 atom stereocenters. The van der Waals surface area contributed by atoms with Crippen LogP contribution in [-0.4, -0.2) is 34.0 Å². The molecule has 0 radical (unpaired) electrons. The second-order valence-electron chi connectivity index (χ2n) is 9.14. The minimum absolute atomic E-state index is 0.136. The fraction of sp³-hybridized carbons (Fsp3) is 0.400. The zero-order valence-corrected chi connectivity index (χ0v) is 18.8. The monoisotopic (exact) mass is 488 g/mol. The third kappa shape index (κ3) is 5.53. The summed E-state index contributed by atoms with van der Waals surface area (Å²) in [5.41, 5.74) is 0.718. The third-order valence-electron chi connectivity index (χ3n) is 6.51. The normalized spacial score (nSPS) is 17.5. The maximum atomic E-state index is 14.0. The molecular formula is C25H24F4N4O2. The number of likely N-dealkylation sites (tertiary alicyclic amines) is 1. The van der Waals surface area contributed by atoms with Crippen LogP contribution in [0.15, 0.2) is 47.0 Å². The Morgan fingerprint density at radius 3 is 2.57 bits per heavy atom. The molecule has 35 heavy (non-hydrogen) atoms. The number of piperidine rings is 1. The van der Waals surface area contributed by atoms with Crippen LogP contribution in [0.1, 0.15) is 48.6 Å². The Balaban J connectivity index is 1.14. The summed E-state index contributed by atoms with van der Waals surface area (Å²) in [6, 6.07) is 9.48. The highest BCUT2D eigenvalue weighted by atomic mass is 19.4. The molecule has 1 saturated carbocycles. The summed E-state index contributed by atoms with van der Waals surface area (Å²) < 4.78 is 58.1. The van der Waals surface area contributed by atoms with E-state index in [0.29, 0.717) is 55.3 Å². The van der Waals surface area contributed by atoms with Gasteiger partial charge in [-0.1, -0.05) is 11.2 Å². The van der Waals surface area contributed by atoms with Crippen LogP contribution in [0.4, 0.5) is 23.2 Å². The summed E-state index contributed by atoms with van der Waals surface area (Å²) in [4.78, 5) is 19.1. The van der Waals surface area contributed by atoms with E-state index in [0.717, 1.165) is 25.0 Å². The van der Waals surface area contributed by atoms with E-state index in [1.54, 1.807) is 12.1 Å². The number of hydrogen-bond acceptors (Lipinski definition) is 5. The molecule has 0 unspecified atom stereocenters. The SMILES string of the molecule is O=C(Nc1cccc(C(F)(F)F)c1)C1CCN(Cc2noc(-c3ccc(F)c(C4CC4)c3)n2)CC1. The Morgan fingerprint density at radius 2 is 1.86 bits per heavy atom. The molecule has 1 saturated heterocycles. The fourth-order valence-corrected chi connectivity index (χ4v) is 4.39. The summed E-state index contributed by atoms with van der Waals surface area (Å²) in [6.45, 7) is 1.68. The molecule has 1 aromatic heterocycles. The first-order valence-corrected chi connectivity index (χ1v) is 11.6.